The van der Waals surface area contributed by atoms with Crippen LogP contribution < -0.4 is 5.32 Å². The zero-order valence-electron chi connectivity index (χ0n) is 11.6. The molecule has 19 heavy (non-hydrogen) atoms. The normalized spacial score (nSPS) is 17.8. The Bertz CT molecular complexity index is 413. The van der Waals surface area contributed by atoms with Crippen LogP contribution in [0.25, 0.3) is 0 Å². The predicted octanol–water partition coefficient (Wildman–Crippen LogP) is 4.58. The van der Waals surface area contributed by atoms with E-state index < -0.39 is 0 Å². The summed E-state index contributed by atoms with van der Waals surface area (Å²) in [7, 11) is 0. The number of nitrogens with one attached hydrogen (secondary N) is 1. The van der Waals surface area contributed by atoms with Crippen molar-refractivity contribution in [3.63, 3.8) is 0 Å². The first-order valence-electron chi connectivity index (χ1n) is 7.30. The SMILES string of the molecule is CCCNCC1(Cc2ccc(F)c(Cl)c2)CCCC1. The van der Waals surface area contributed by atoms with E-state index in [1.54, 1.807) is 6.07 Å². The van der Waals surface area contributed by atoms with Crippen molar-refractivity contribution in [3.8, 4) is 0 Å². The summed E-state index contributed by atoms with van der Waals surface area (Å²) >= 11 is 5.88. The number of rotatable bonds is 6. The fraction of sp³-hybridized carbons (Fsp3) is 0.625. The molecule has 0 aliphatic heterocycles. The minimum absolute atomic E-state index is 0.243. The van der Waals surface area contributed by atoms with Crippen molar-refractivity contribution in [2.24, 2.45) is 5.41 Å². The van der Waals surface area contributed by atoms with Gasteiger partial charge in [0.15, 0.2) is 0 Å². The Morgan fingerprint density at radius 3 is 2.68 bits per heavy atom. The largest absolute Gasteiger partial charge is 0.316 e. The van der Waals surface area contributed by atoms with Gasteiger partial charge < -0.3 is 5.32 Å². The molecule has 1 aromatic carbocycles. The molecular weight excluding hydrogens is 261 g/mol. The van der Waals surface area contributed by atoms with Crippen molar-refractivity contribution >= 4 is 11.6 Å². The van der Waals surface area contributed by atoms with Gasteiger partial charge in [-0.2, -0.15) is 0 Å². The van der Waals surface area contributed by atoms with Gasteiger partial charge in [-0.15, -0.1) is 0 Å². The molecule has 3 heteroatoms. The molecule has 0 unspecified atom stereocenters. The van der Waals surface area contributed by atoms with Crippen LogP contribution in [-0.2, 0) is 6.42 Å². The second-order valence-corrected chi connectivity index (χ2v) is 6.22. The zero-order valence-corrected chi connectivity index (χ0v) is 12.4. The zero-order chi connectivity index (χ0) is 13.7. The van der Waals surface area contributed by atoms with E-state index in [9.17, 15) is 4.39 Å². The monoisotopic (exact) mass is 283 g/mol. The van der Waals surface area contributed by atoms with Gasteiger partial charge in [0.1, 0.15) is 5.82 Å². The minimum atomic E-state index is -0.324. The topological polar surface area (TPSA) is 12.0 Å². The molecule has 0 amide bonds. The highest BCUT2D eigenvalue weighted by Gasteiger charge is 2.33. The molecule has 1 aromatic rings. The van der Waals surface area contributed by atoms with Crippen LogP contribution in [0.4, 0.5) is 4.39 Å². The van der Waals surface area contributed by atoms with Crippen molar-refractivity contribution < 1.29 is 4.39 Å². The van der Waals surface area contributed by atoms with Gasteiger partial charge in [0.2, 0.25) is 0 Å². The summed E-state index contributed by atoms with van der Waals surface area (Å²) in [5, 5.41) is 3.80. The second-order valence-electron chi connectivity index (χ2n) is 5.81. The summed E-state index contributed by atoms with van der Waals surface area (Å²) in [5.74, 6) is -0.324. The third-order valence-electron chi connectivity index (χ3n) is 4.15. The minimum Gasteiger partial charge on any atom is -0.316 e. The third kappa shape index (κ3) is 3.93. The van der Waals surface area contributed by atoms with Crippen LogP contribution >= 0.6 is 11.6 Å². The van der Waals surface area contributed by atoms with Crippen molar-refractivity contribution in [3.05, 3.63) is 34.6 Å². The summed E-state index contributed by atoms with van der Waals surface area (Å²) in [4.78, 5) is 0. The Morgan fingerprint density at radius 2 is 2.05 bits per heavy atom. The summed E-state index contributed by atoms with van der Waals surface area (Å²) in [6.07, 6.45) is 7.31. The maximum atomic E-state index is 13.2. The van der Waals surface area contributed by atoms with Gasteiger partial charge in [-0.1, -0.05) is 37.4 Å². The Labute approximate surface area is 120 Å². The lowest BCUT2D eigenvalue weighted by atomic mass is 9.80. The van der Waals surface area contributed by atoms with Crippen molar-refractivity contribution in [1.82, 2.24) is 5.32 Å². The Morgan fingerprint density at radius 1 is 1.32 bits per heavy atom. The highest BCUT2D eigenvalue weighted by Crippen LogP contribution is 2.40. The maximum Gasteiger partial charge on any atom is 0.141 e. The van der Waals surface area contributed by atoms with E-state index in [2.05, 4.69) is 12.2 Å². The number of benzene rings is 1. The van der Waals surface area contributed by atoms with E-state index >= 15 is 0 Å². The Balaban J connectivity index is 2.05. The molecule has 0 saturated heterocycles. The van der Waals surface area contributed by atoms with Gasteiger partial charge in [0.05, 0.1) is 5.02 Å². The van der Waals surface area contributed by atoms with Gasteiger partial charge >= 0.3 is 0 Å². The first-order valence-corrected chi connectivity index (χ1v) is 7.68. The van der Waals surface area contributed by atoms with Gasteiger partial charge in [-0.25, -0.2) is 4.39 Å². The first kappa shape index (κ1) is 14.8. The number of hydrogen-bond donors (Lipinski definition) is 1. The average molecular weight is 284 g/mol. The first-order chi connectivity index (χ1) is 9.15. The second kappa shape index (κ2) is 6.71. The molecule has 2 rings (SSSR count). The van der Waals surface area contributed by atoms with Crippen molar-refractivity contribution in [2.45, 2.75) is 45.4 Å². The molecule has 0 heterocycles. The summed E-state index contributed by atoms with van der Waals surface area (Å²) in [6.45, 7) is 4.33. The van der Waals surface area contributed by atoms with Gasteiger partial charge in [-0.05, 0) is 55.3 Å². The number of halogens is 2. The smallest absolute Gasteiger partial charge is 0.141 e. The quantitative estimate of drug-likeness (QED) is 0.754. The van der Waals surface area contributed by atoms with Gasteiger partial charge in [0, 0.05) is 6.54 Å². The lowest BCUT2D eigenvalue weighted by Crippen LogP contribution is -2.34. The van der Waals surface area contributed by atoms with Crippen LogP contribution in [0.15, 0.2) is 18.2 Å². The molecule has 1 fully saturated rings. The standard InChI is InChI=1S/C16H23ClFN/c1-2-9-19-12-16(7-3-4-8-16)11-13-5-6-15(18)14(17)10-13/h5-6,10,19H,2-4,7-9,11-12H2,1H3. The summed E-state index contributed by atoms with van der Waals surface area (Å²) in [5.41, 5.74) is 1.50. The van der Waals surface area contributed by atoms with Gasteiger partial charge in [0.25, 0.3) is 0 Å². The summed E-state index contributed by atoms with van der Waals surface area (Å²) in [6, 6.07) is 5.15. The molecule has 0 atom stereocenters. The molecule has 0 spiro atoms. The molecule has 1 saturated carbocycles. The van der Waals surface area contributed by atoms with E-state index in [-0.39, 0.29) is 10.8 Å². The molecule has 1 aliphatic carbocycles. The highest BCUT2D eigenvalue weighted by molar-refractivity contribution is 6.30. The predicted molar refractivity (Wildman–Crippen MR) is 79.2 cm³/mol. The molecule has 1 nitrogen and oxygen atoms in total. The highest BCUT2D eigenvalue weighted by atomic mass is 35.5. The fourth-order valence-electron chi connectivity index (χ4n) is 3.15. The molecular formula is C16H23ClFN. The van der Waals surface area contributed by atoms with Crippen LogP contribution in [-0.4, -0.2) is 13.1 Å². The van der Waals surface area contributed by atoms with E-state index in [0.717, 1.165) is 25.1 Å². The van der Waals surface area contributed by atoms with Crippen molar-refractivity contribution in [2.75, 3.05) is 13.1 Å². The van der Waals surface area contributed by atoms with Crippen LogP contribution in [0.2, 0.25) is 5.02 Å². The Hall–Kier alpha value is -0.600. The average Bonchev–Trinajstić information content (AvgIpc) is 2.83. The van der Waals surface area contributed by atoms with E-state index in [0.29, 0.717) is 5.41 Å². The lowest BCUT2D eigenvalue weighted by molar-refractivity contribution is 0.278. The lowest BCUT2D eigenvalue weighted by Gasteiger charge is -2.29. The molecule has 0 aromatic heterocycles. The molecule has 0 bridgehead atoms. The van der Waals surface area contributed by atoms with E-state index in [4.69, 9.17) is 11.6 Å². The van der Waals surface area contributed by atoms with E-state index in [1.807, 2.05) is 6.07 Å². The summed E-state index contributed by atoms with van der Waals surface area (Å²) < 4.78 is 13.2. The van der Waals surface area contributed by atoms with Crippen LogP contribution in [0, 0.1) is 11.2 Å². The van der Waals surface area contributed by atoms with Crippen molar-refractivity contribution in [1.29, 1.82) is 0 Å². The van der Waals surface area contributed by atoms with Crippen LogP contribution in [0.1, 0.15) is 44.6 Å². The number of hydrogen-bond acceptors (Lipinski definition) is 1. The molecule has 106 valence electrons. The maximum absolute atomic E-state index is 13.2. The molecule has 1 aliphatic rings. The van der Waals surface area contributed by atoms with Crippen LogP contribution in [0.3, 0.4) is 0 Å². The molecule has 0 radical (unpaired) electrons. The molecule has 1 N–H and O–H groups in total. The Kier molecular flexibility index (Phi) is 5.23. The van der Waals surface area contributed by atoms with Crippen LogP contribution in [0.5, 0.6) is 0 Å². The van der Waals surface area contributed by atoms with Gasteiger partial charge in [-0.3, -0.25) is 0 Å². The van der Waals surface area contributed by atoms with E-state index in [1.165, 1.54) is 38.2 Å². The third-order valence-corrected chi connectivity index (χ3v) is 4.44. The fourth-order valence-corrected chi connectivity index (χ4v) is 3.36.